The minimum atomic E-state index is -0.833. The number of Topliss-reactive ketones (excluding diaryl/α,β-unsaturated/α-hetero) is 1. The number of carbonyl (C=O) groups is 2. The van der Waals surface area contributed by atoms with Gasteiger partial charge in [-0.2, -0.15) is 0 Å². The van der Waals surface area contributed by atoms with Crippen molar-refractivity contribution in [1.82, 2.24) is 9.80 Å². The standard InChI is InChI=1S/C23H25ClN2O5/c1-25(2)12-13-26-19(16-6-5-7-17(30-3)22(16)31-4)18(21(28)23(26)29)20(27)14-8-10-15(24)11-9-14/h5-11,19,27H,12-13H2,1-4H3/b20-18+/t19-/m1/s1. The number of aliphatic hydroxyl groups is 1. The first-order valence-electron chi connectivity index (χ1n) is 9.70. The van der Waals surface area contributed by atoms with Gasteiger partial charge in [0.1, 0.15) is 5.76 Å². The average Bonchev–Trinajstić information content (AvgIpc) is 3.01. The molecule has 0 saturated carbocycles. The predicted octanol–water partition coefficient (Wildman–Crippen LogP) is 3.34. The van der Waals surface area contributed by atoms with Gasteiger partial charge >= 0.3 is 0 Å². The van der Waals surface area contributed by atoms with Crippen molar-refractivity contribution >= 4 is 29.1 Å². The van der Waals surface area contributed by atoms with E-state index in [1.165, 1.54) is 19.1 Å². The van der Waals surface area contributed by atoms with Gasteiger partial charge in [0.25, 0.3) is 11.7 Å². The maximum absolute atomic E-state index is 13.1. The molecule has 31 heavy (non-hydrogen) atoms. The van der Waals surface area contributed by atoms with Crippen molar-refractivity contribution in [1.29, 1.82) is 0 Å². The number of benzene rings is 2. The summed E-state index contributed by atoms with van der Waals surface area (Å²) < 4.78 is 11.0. The van der Waals surface area contributed by atoms with E-state index in [1.54, 1.807) is 42.5 Å². The lowest BCUT2D eigenvalue weighted by Crippen LogP contribution is -2.35. The van der Waals surface area contributed by atoms with E-state index in [-0.39, 0.29) is 11.3 Å². The predicted molar refractivity (Wildman–Crippen MR) is 119 cm³/mol. The zero-order valence-electron chi connectivity index (χ0n) is 17.9. The third kappa shape index (κ3) is 4.38. The second-order valence-corrected chi connectivity index (χ2v) is 7.82. The number of para-hydroxylation sites is 1. The molecule has 1 atom stereocenters. The lowest BCUT2D eigenvalue weighted by atomic mass is 9.94. The molecule has 1 N–H and O–H groups in total. The molecule has 0 spiro atoms. The number of ketones is 1. The zero-order valence-corrected chi connectivity index (χ0v) is 18.6. The second kappa shape index (κ2) is 9.41. The molecule has 1 amide bonds. The summed E-state index contributed by atoms with van der Waals surface area (Å²) in [6.07, 6.45) is 0. The Balaban J connectivity index is 2.23. The molecule has 0 unspecified atom stereocenters. The Bertz CT molecular complexity index is 1020. The third-order valence-corrected chi connectivity index (χ3v) is 5.43. The van der Waals surface area contributed by atoms with Crippen LogP contribution in [-0.4, -0.2) is 68.0 Å². The van der Waals surface area contributed by atoms with Crippen LogP contribution in [0.1, 0.15) is 17.2 Å². The summed E-state index contributed by atoms with van der Waals surface area (Å²) in [5.41, 5.74) is 0.940. The van der Waals surface area contributed by atoms with Crippen molar-refractivity contribution in [2.24, 2.45) is 0 Å². The highest BCUT2D eigenvalue weighted by Crippen LogP contribution is 2.45. The lowest BCUT2D eigenvalue weighted by Gasteiger charge is -2.28. The Labute approximate surface area is 186 Å². The molecule has 0 aromatic heterocycles. The fourth-order valence-electron chi connectivity index (χ4n) is 3.63. The highest BCUT2D eigenvalue weighted by Gasteiger charge is 2.47. The van der Waals surface area contributed by atoms with Crippen LogP contribution in [0.25, 0.3) is 5.76 Å². The molecule has 0 radical (unpaired) electrons. The number of likely N-dealkylation sites (tertiary alicyclic amines) is 1. The molecule has 1 aliphatic rings. The van der Waals surface area contributed by atoms with Crippen molar-refractivity contribution in [3.05, 3.63) is 64.2 Å². The van der Waals surface area contributed by atoms with E-state index in [1.807, 2.05) is 19.0 Å². The zero-order chi connectivity index (χ0) is 22.7. The fraction of sp³-hybridized carbons (Fsp3) is 0.304. The number of methoxy groups -OCH3 is 2. The molecule has 2 aromatic rings. The molecule has 1 heterocycles. The van der Waals surface area contributed by atoms with Crippen molar-refractivity contribution in [3.8, 4) is 11.5 Å². The number of hydrogen-bond acceptors (Lipinski definition) is 6. The van der Waals surface area contributed by atoms with Gasteiger partial charge in [-0.3, -0.25) is 9.59 Å². The Kier molecular flexibility index (Phi) is 6.87. The smallest absolute Gasteiger partial charge is 0.295 e. The molecule has 3 rings (SSSR count). The highest BCUT2D eigenvalue weighted by molar-refractivity contribution is 6.46. The molecule has 164 valence electrons. The van der Waals surface area contributed by atoms with Crippen LogP contribution in [0, 0.1) is 0 Å². The van der Waals surface area contributed by atoms with Gasteiger partial charge in [0, 0.05) is 29.2 Å². The molecule has 0 bridgehead atoms. The van der Waals surface area contributed by atoms with E-state index in [4.69, 9.17) is 21.1 Å². The van der Waals surface area contributed by atoms with Crippen molar-refractivity contribution in [2.45, 2.75) is 6.04 Å². The number of amides is 1. The first kappa shape index (κ1) is 22.7. The largest absolute Gasteiger partial charge is 0.507 e. The van der Waals surface area contributed by atoms with Crippen LogP contribution >= 0.6 is 11.6 Å². The summed E-state index contributed by atoms with van der Waals surface area (Å²) in [7, 11) is 6.77. The van der Waals surface area contributed by atoms with Crippen LogP contribution in [0.15, 0.2) is 48.0 Å². The minimum absolute atomic E-state index is 0.00219. The minimum Gasteiger partial charge on any atom is -0.507 e. The van der Waals surface area contributed by atoms with Crippen LogP contribution in [0.5, 0.6) is 11.5 Å². The SMILES string of the molecule is COc1cccc([C@@H]2/C(=C(\O)c3ccc(Cl)cc3)C(=O)C(=O)N2CCN(C)C)c1OC. The molecule has 7 nitrogen and oxygen atoms in total. The Morgan fingerprint density at radius 2 is 1.77 bits per heavy atom. The normalized spacial score (nSPS) is 18.0. The van der Waals surface area contributed by atoms with Gasteiger partial charge in [0.05, 0.1) is 25.8 Å². The first-order valence-corrected chi connectivity index (χ1v) is 10.1. The number of aliphatic hydroxyl groups excluding tert-OH is 1. The number of nitrogens with zero attached hydrogens (tertiary/aromatic N) is 2. The van der Waals surface area contributed by atoms with Crippen molar-refractivity contribution < 1.29 is 24.2 Å². The van der Waals surface area contributed by atoms with Gasteiger partial charge in [-0.25, -0.2) is 0 Å². The van der Waals surface area contributed by atoms with E-state index in [0.29, 0.717) is 40.7 Å². The van der Waals surface area contributed by atoms with Crippen LogP contribution < -0.4 is 9.47 Å². The van der Waals surface area contributed by atoms with Gasteiger partial charge in [0.2, 0.25) is 0 Å². The number of hydrogen-bond donors (Lipinski definition) is 1. The van der Waals surface area contributed by atoms with Crippen LogP contribution in [0.4, 0.5) is 0 Å². The first-order chi connectivity index (χ1) is 14.8. The van der Waals surface area contributed by atoms with Crippen LogP contribution in [-0.2, 0) is 9.59 Å². The summed E-state index contributed by atoms with van der Waals surface area (Å²) in [6.45, 7) is 0.830. The van der Waals surface area contributed by atoms with Crippen molar-refractivity contribution in [2.75, 3.05) is 41.4 Å². The van der Waals surface area contributed by atoms with E-state index < -0.39 is 17.7 Å². The number of carbonyl (C=O) groups excluding carboxylic acids is 2. The summed E-state index contributed by atoms with van der Waals surface area (Å²) >= 11 is 5.96. The molecular weight excluding hydrogens is 420 g/mol. The molecule has 2 aromatic carbocycles. The summed E-state index contributed by atoms with van der Waals surface area (Å²) in [4.78, 5) is 29.4. The summed E-state index contributed by atoms with van der Waals surface area (Å²) in [5.74, 6) is -0.830. The van der Waals surface area contributed by atoms with Gasteiger partial charge < -0.3 is 24.4 Å². The average molecular weight is 445 g/mol. The van der Waals surface area contributed by atoms with E-state index >= 15 is 0 Å². The van der Waals surface area contributed by atoms with Crippen LogP contribution in [0.2, 0.25) is 5.02 Å². The van der Waals surface area contributed by atoms with Crippen LogP contribution in [0.3, 0.4) is 0 Å². The van der Waals surface area contributed by atoms with E-state index in [9.17, 15) is 14.7 Å². The third-order valence-electron chi connectivity index (χ3n) is 5.17. The summed E-state index contributed by atoms with van der Waals surface area (Å²) in [5, 5.41) is 11.6. The Hall–Kier alpha value is -3.03. The molecule has 1 saturated heterocycles. The van der Waals surface area contributed by atoms with Gasteiger partial charge in [-0.05, 0) is 44.4 Å². The summed E-state index contributed by atoms with van der Waals surface area (Å²) in [6, 6.07) is 10.8. The molecule has 1 fully saturated rings. The molecule has 1 aliphatic heterocycles. The van der Waals surface area contributed by atoms with Gasteiger partial charge in [0.15, 0.2) is 11.5 Å². The van der Waals surface area contributed by atoms with Crippen molar-refractivity contribution in [3.63, 3.8) is 0 Å². The molecule has 0 aliphatic carbocycles. The molecule has 8 heteroatoms. The van der Waals surface area contributed by atoms with Gasteiger partial charge in [-0.1, -0.05) is 23.7 Å². The Morgan fingerprint density at radius 3 is 2.35 bits per heavy atom. The quantitative estimate of drug-likeness (QED) is 0.401. The number of rotatable bonds is 7. The second-order valence-electron chi connectivity index (χ2n) is 7.39. The maximum Gasteiger partial charge on any atom is 0.295 e. The number of ether oxygens (including phenoxy) is 2. The lowest BCUT2D eigenvalue weighted by molar-refractivity contribution is -0.140. The van der Waals surface area contributed by atoms with E-state index in [2.05, 4.69) is 0 Å². The Morgan fingerprint density at radius 1 is 1.10 bits per heavy atom. The number of halogens is 1. The van der Waals surface area contributed by atoms with E-state index in [0.717, 1.165) is 0 Å². The topological polar surface area (TPSA) is 79.3 Å². The monoisotopic (exact) mass is 444 g/mol. The highest BCUT2D eigenvalue weighted by atomic mass is 35.5. The van der Waals surface area contributed by atoms with Gasteiger partial charge in [-0.15, -0.1) is 0 Å². The number of likely N-dealkylation sites (N-methyl/N-ethyl adjacent to an activating group) is 1. The fourth-order valence-corrected chi connectivity index (χ4v) is 3.76. The maximum atomic E-state index is 13.1. The molecular formula is C23H25ClN2O5.